The molecule has 3 aromatic carbocycles. The highest BCUT2D eigenvalue weighted by atomic mass is 16.5. The van der Waals surface area contributed by atoms with E-state index in [-0.39, 0.29) is 18.1 Å². The van der Waals surface area contributed by atoms with Gasteiger partial charge in [-0.15, -0.1) is 0 Å². The molecule has 0 aliphatic rings. The molecule has 0 spiro atoms. The minimum atomic E-state index is -0.476. The van der Waals surface area contributed by atoms with Crippen molar-refractivity contribution in [3.05, 3.63) is 108 Å². The van der Waals surface area contributed by atoms with Crippen LogP contribution in [-0.2, 0) is 17.9 Å². The van der Waals surface area contributed by atoms with Gasteiger partial charge in [0.2, 0.25) is 5.91 Å². The summed E-state index contributed by atoms with van der Waals surface area (Å²) in [5.74, 6) is 0.459. The maximum atomic E-state index is 12.2. The molecule has 0 fully saturated rings. The fourth-order valence-corrected chi connectivity index (χ4v) is 3.08. The predicted octanol–water partition coefficient (Wildman–Crippen LogP) is 3.97. The van der Waals surface area contributed by atoms with Crippen molar-refractivity contribution in [3.63, 3.8) is 0 Å². The Morgan fingerprint density at radius 2 is 1.52 bits per heavy atom. The number of hydrogen-bond acceptors (Lipinski definition) is 5. The molecule has 1 aromatic heterocycles. The Hall–Kier alpha value is -4.39. The van der Waals surface area contributed by atoms with Gasteiger partial charge < -0.3 is 19.9 Å². The lowest BCUT2D eigenvalue weighted by Crippen LogP contribution is -2.36. The quantitative estimate of drug-likeness (QED) is 0.410. The van der Waals surface area contributed by atoms with E-state index in [0.717, 1.165) is 22.4 Å². The Kier molecular flexibility index (Phi) is 7.12. The average molecular weight is 441 g/mol. The van der Waals surface area contributed by atoms with Crippen LogP contribution in [0.3, 0.4) is 0 Å². The van der Waals surface area contributed by atoms with Gasteiger partial charge in [-0.3, -0.25) is 9.59 Å². The lowest BCUT2D eigenvalue weighted by Gasteiger charge is -2.09. The summed E-state index contributed by atoms with van der Waals surface area (Å²) in [5, 5.41) is 9.10. The smallest absolute Gasteiger partial charge is 0.273 e. The average Bonchev–Trinajstić information content (AvgIpc) is 3.37. The third kappa shape index (κ3) is 6.30. The summed E-state index contributed by atoms with van der Waals surface area (Å²) in [6.07, 6.45) is 0. The van der Waals surface area contributed by atoms with E-state index in [0.29, 0.717) is 18.9 Å². The number of ether oxygens (including phenoxy) is 1. The lowest BCUT2D eigenvalue weighted by molar-refractivity contribution is -0.120. The molecule has 4 aromatic rings. The van der Waals surface area contributed by atoms with Crippen LogP contribution in [0.1, 0.15) is 21.6 Å². The van der Waals surface area contributed by atoms with Crippen LogP contribution in [0.5, 0.6) is 5.75 Å². The van der Waals surface area contributed by atoms with Gasteiger partial charge in [0.05, 0.1) is 6.54 Å². The van der Waals surface area contributed by atoms with Crippen LogP contribution in [0, 0.1) is 0 Å². The summed E-state index contributed by atoms with van der Waals surface area (Å²) in [6.45, 7) is 0.676. The first-order chi connectivity index (χ1) is 16.2. The maximum absolute atomic E-state index is 12.2. The number of nitrogens with one attached hydrogen (secondary N) is 2. The number of amides is 2. The van der Waals surface area contributed by atoms with E-state index in [1.807, 2.05) is 84.9 Å². The molecule has 2 N–H and O–H groups in total. The van der Waals surface area contributed by atoms with Crippen LogP contribution in [0.15, 0.2) is 95.5 Å². The molecule has 2 amide bonds. The molecule has 0 aliphatic carbocycles. The van der Waals surface area contributed by atoms with Gasteiger partial charge in [-0.05, 0) is 23.3 Å². The highest BCUT2D eigenvalue weighted by Crippen LogP contribution is 2.19. The molecule has 7 nitrogen and oxygen atoms in total. The normalized spacial score (nSPS) is 10.4. The molecular weight excluding hydrogens is 418 g/mol. The molecule has 166 valence electrons. The minimum Gasteiger partial charge on any atom is -0.489 e. The molecule has 0 radical (unpaired) electrons. The summed E-state index contributed by atoms with van der Waals surface area (Å²) in [5.41, 5.74) is 2.95. The Morgan fingerprint density at radius 1 is 0.818 bits per heavy atom. The van der Waals surface area contributed by atoms with Crippen molar-refractivity contribution in [1.29, 1.82) is 0 Å². The third-order valence-electron chi connectivity index (χ3n) is 4.87. The highest BCUT2D eigenvalue weighted by molar-refractivity contribution is 5.95. The van der Waals surface area contributed by atoms with Gasteiger partial charge in [0.25, 0.3) is 5.91 Å². The first-order valence-electron chi connectivity index (χ1n) is 10.5. The fourth-order valence-electron chi connectivity index (χ4n) is 3.08. The zero-order valence-corrected chi connectivity index (χ0v) is 17.9. The van der Waals surface area contributed by atoms with Crippen molar-refractivity contribution >= 4 is 11.8 Å². The molecule has 0 unspecified atom stereocenters. The van der Waals surface area contributed by atoms with Crippen LogP contribution in [-0.4, -0.2) is 23.5 Å². The Balaban J connectivity index is 1.19. The summed E-state index contributed by atoms with van der Waals surface area (Å²) in [6, 6.07) is 28.3. The second kappa shape index (κ2) is 10.8. The Morgan fingerprint density at radius 3 is 2.24 bits per heavy atom. The Bertz CT molecular complexity index is 1190. The molecule has 4 rings (SSSR count). The van der Waals surface area contributed by atoms with E-state index in [9.17, 15) is 9.59 Å². The first-order valence-corrected chi connectivity index (χ1v) is 10.5. The van der Waals surface area contributed by atoms with Crippen LogP contribution < -0.4 is 15.4 Å². The third-order valence-corrected chi connectivity index (χ3v) is 4.87. The van der Waals surface area contributed by atoms with Crippen molar-refractivity contribution in [2.75, 3.05) is 6.54 Å². The number of hydrogen-bond donors (Lipinski definition) is 2. The molecule has 0 atom stereocenters. The number of rotatable bonds is 9. The van der Waals surface area contributed by atoms with Gasteiger partial charge in [-0.2, -0.15) is 0 Å². The zero-order valence-electron chi connectivity index (χ0n) is 17.9. The molecule has 7 heteroatoms. The molecule has 0 bridgehead atoms. The van der Waals surface area contributed by atoms with Gasteiger partial charge in [-0.1, -0.05) is 78.0 Å². The molecule has 33 heavy (non-hydrogen) atoms. The van der Waals surface area contributed by atoms with Gasteiger partial charge in [0, 0.05) is 18.2 Å². The van der Waals surface area contributed by atoms with Crippen molar-refractivity contribution in [3.8, 4) is 17.1 Å². The van der Waals surface area contributed by atoms with E-state index >= 15 is 0 Å². The fraction of sp³-hybridized carbons (Fsp3) is 0.115. The number of aromatic nitrogens is 1. The number of benzene rings is 3. The topological polar surface area (TPSA) is 93.5 Å². The summed E-state index contributed by atoms with van der Waals surface area (Å²) >= 11 is 0. The van der Waals surface area contributed by atoms with E-state index < -0.39 is 5.91 Å². The van der Waals surface area contributed by atoms with Gasteiger partial charge in [0.1, 0.15) is 12.4 Å². The van der Waals surface area contributed by atoms with Crippen LogP contribution >= 0.6 is 0 Å². The second-order valence-electron chi connectivity index (χ2n) is 7.32. The van der Waals surface area contributed by atoms with Gasteiger partial charge in [0.15, 0.2) is 11.5 Å². The lowest BCUT2D eigenvalue weighted by atomic mass is 10.1. The van der Waals surface area contributed by atoms with E-state index in [1.54, 1.807) is 6.07 Å². The van der Waals surface area contributed by atoms with Crippen molar-refractivity contribution in [2.24, 2.45) is 0 Å². The second-order valence-corrected chi connectivity index (χ2v) is 7.32. The molecule has 0 saturated heterocycles. The standard InChI is InChI=1S/C26H23N3O4/c30-25(17-28-26(31)23-15-24(33-29-23)21-9-5-2-6-10-21)27-16-19-11-13-22(14-12-19)32-18-20-7-3-1-4-8-20/h1-15H,16-18H2,(H,27,30)(H,28,31). The predicted molar refractivity (Wildman–Crippen MR) is 123 cm³/mol. The molecule has 0 aliphatic heterocycles. The monoisotopic (exact) mass is 441 g/mol. The van der Waals surface area contributed by atoms with E-state index in [2.05, 4.69) is 15.8 Å². The number of nitrogens with zero attached hydrogens (tertiary/aromatic N) is 1. The summed E-state index contributed by atoms with van der Waals surface area (Å²) in [4.78, 5) is 24.4. The van der Waals surface area contributed by atoms with Crippen molar-refractivity contribution in [1.82, 2.24) is 15.8 Å². The molecule has 1 heterocycles. The minimum absolute atomic E-state index is 0.118. The molecular formula is C26H23N3O4. The van der Waals surface area contributed by atoms with E-state index in [1.165, 1.54) is 0 Å². The SMILES string of the molecule is O=C(CNC(=O)c1cc(-c2ccccc2)on1)NCc1ccc(OCc2ccccc2)cc1. The first kappa shape index (κ1) is 21.8. The highest BCUT2D eigenvalue weighted by Gasteiger charge is 2.14. The summed E-state index contributed by atoms with van der Waals surface area (Å²) in [7, 11) is 0. The van der Waals surface area contributed by atoms with Gasteiger partial charge >= 0.3 is 0 Å². The van der Waals surface area contributed by atoms with Gasteiger partial charge in [-0.25, -0.2) is 0 Å². The van der Waals surface area contributed by atoms with E-state index in [4.69, 9.17) is 9.26 Å². The Labute approximate surface area is 191 Å². The largest absolute Gasteiger partial charge is 0.489 e. The van der Waals surface area contributed by atoms with Crippen molar-refractivity contribution in [2.45, 2.75) is 13.2 Å². The van der Waals surface area contributed by atoms with Crippen LogP contribution in [0.2, 0.25) is 0 Å². The maximum Gasteiger partial charge on any atom is 0.273 e. The zero-order chi connectivity index (χ0) is 22.9. The number of carbonyl (C=O) groups is 2. The van der Waals surface area contributed by atoms with Crippen LogP contribution in [0.4, 0.5) is 0 Å². The van der Waals surface area contributed by atoms with Crippen molar-refractivity contribution < 1.29 is 18.8 Å². The summed E-state index contributed by atoms with van der Waals surface area (Å²) < 4.78 is 11.0. The number of carbonyl (C=O) groups excluding carboxylic acids is 2. The van der Waals surface area contributed by atoms with Crippen LogP contribution in [0.25, 0.3) is 11.3 Å². The molecule has 0 saturated carbocycles.